The number of amides is 2. The number of carbonyl (C=O) groups is 2. The van der Waals surface area contributed by atoms with E-state index in [2.05, 4.69) is 10.6 Å². The maximum absolute atomic E-state index is 12.6. The SMILES string of the molecule is CCC1Nc2ccccc2N(CC(=O)NCc2ccccc2)C1=O. The van der Waals surface area contributed by atoms with Gasteiger partial charge < -0.3 is 10.6 Å². The van der Waals surface area contributed by atoms with Crippen LogP contribution < -0.4 is 15.5 Å². The zero-order chi connectivity index (χ0) is 16.9. The van der Waals surface area contributed by atoms with Crippen molar-refractivity contribution in [3.8, 4) is 0 Å². The summed E-state index contributed by atoms with van der Waals surface area (Å²) in [5.74, 6) is -0.232. The van der Waals surface area contributed by atoms with Crippen LogP contribution in [0.25, 0.3) is 0 Å². The van der Waals surface area contributed by atoms with Crippen molar-refractivity contribution in [1.29, 1.82) is 0 Å². The fourth-order valence-electron chi connectivity index (χ4n) is 2.82. The smallest absolute Gasteiger partial charge is 0.250 e. The molecule has 2 amide bonds. The van der Waals surface area contributed by atoms with Crippen LogP contribution in [-0.4, -0.2) is 24.4 Å². The van der Waals surface area contributed by atoms with Crippen LogP contribution in [0.2, 0.25) is 0 Å². The summed E-state index contributed by atoms with van der Waals surface area (Å²) < 4.78 is 0. The molecule has 124 valence electrons. The lowest BCUT2D eigenvalue weighted by molar-refractivity contribution is -0.124. The van der Waals surface area contributed by atoms with Gasteiger partial charge in [-0.25, -0.2) is 0 Å². The van der Waals surface area contributed by atoms with Crippen LogP contribution in [-0.2, 0) is 16.1 Å². The van der Waals surface area contributed by atoms with Gasteiger partial charge in [-0.1, -0.05) is 49.4 Å². The summed E-state index contributed by atoms with van der Waals surface area (Å²) in [6.45, 7) is 2.44. The lowest BCUT2D eigenvalue weighted by atomic mass is 10.1. The zero-order valence-corrected chi connectivity index (χ0v) is 13.7. The summed E-state index contributed by atoms with van der Waals surface area (Å²) in [4.78, 5) is 26.5. The van der Waals surface area contributed by atoms with Gasteiger partial charge in [-0.3, -0.25) is 14.5 Å². The molecule has 5 nitrogen and oxygen atoms in total. The average molecular weight is 323 g/mol. The predicted molar refractivity (Wildman–Crippen MR) is 94.8 cm³/mol. The Bertz CT molecular complexity index is 730. The zero-order valence-electron chi connectivity index (χ0n) is 13.7. The highest BCUT2D eigenvalue weighted by Crippen LogP contribution is 2.31. The van der Waals surface area contributed by atoms with Gasteiger partial charge in [-0.15, -0.1) is 0 Å². The molecule has 0 aromatic heterocycles. The van der Waals surface area contributed by atoms with Crippen LogP contribution in [0.5, 0.6) is 0 Å². The molecule has 2 N–H and O–H groups in total. The first-order chi connectivity index (χ1) is 11.7. The first-order valence-corrected chi connectivity index (χ1v) is 8.16. The number of nitrogens with zero attached hydrogens (tertiary/aromatic N) is 1. The molecule has 1 atom stereocenters. The molecule has 0 fully saturated rings. The normalized spacial score (nSPS) is 16.3. The molecule has 2 aromatic carbocycles. The van der Waals surface area contributed by atoms with E-state index in [0.717, 1.165) is 16.9 Å². The molecule has 0 bridgehead atoms. The van der Waals surface area contributed by atoms with Gasteiger partial charge >= 0.3 is 0 Å². The number of hydrogen-bond acceptors (Lipinski definition) is 3. The first kappa shape index (κ1) is 16.1. The lowest BCUT2D eigenvalue weighted by Crippen LogP contribution is -2.50. The third kappa shape index (κ3) is 3.40. The van der Waals surface area contributed by atoms with Crippen LogP contribution in [0.3, 0.4) is 0 Å². The molecule has 0 spiro atoms. The third-order valence-corrected chi connectivity index (χ3v) is 4.13. The number of rotatable bonds is 5. The Labute approximate surface area is 141 Å². The topological polar surface area (TPSA) is 61.4 Å². The molecule has 1 heterocycles. The molecule has 1 unspecified atom stereocenters. The van der Waals surface area contributed by atoms with Gasteiger partial charge in [0.2, 0.25) is 11.8 Å². The van der Waals surface area contributed by atoms with Gasteiger partial charge in [0.15, 0.2) is 0 Å². The summed E-state index contributed by atoms with van der Waals surface area (Å²) >= 11 is 0. The maximum atomic E-state index is 12.6. The van der Waals surface area contributed by atoms with Crippen molar-refractivity contribution in [2.24, 2.45) is 0 Å². The molecule has 5 heteroatoms. The van der Waals surface area contributed by atoms with Gasteiger partial charge in [-0.05, 0) is 24.1 Å². The van der Waals surface area contributed by atoms with Gasteiger partial charge in [-0.2, -0.15) is 0 Å². The predicted octanol–water partition coefficient (Wildman–Crippen LogP) is 2.54. The van der Waals surface area contributed by atoms with Crippen molar-refractivity contribution in [2.45, 2.75) is 25.9 Å². The monoisotopic (exact) mass is 323 g/mol. The van der Waals surface area contributed by atoms with E-state index in [0.29, 0.717) is 13.0 Å². The Hall–Kier alpha value is -2.82. The second kappa shape index (κ2) is 7.17. The Morgan fingerprint density at radius 1 is 1.12 bits per heavy atom. The molecular formula is C19H21N3O2. The highest BCUT2D eigenvalue weighted by molar-refractivity contribution is 6.07. The fraction of sp³-hybridized carbons (Fsp3) is 0.263. The van der Waals surface area contributed by atoms with E-state index in [1.54, 1.807) is 4.90 Å². The number of nitrogens with one attached hydrogen (secondary N) is 2. The highest BCUT2D eigenvalue weighted by Gasteiger charge is 2.32. The van der Waals surface area contributed by atoms with E-state index in [4.69, 9.17) is 0 Å². The van der Waals surface area contributed by atoms with Crippen molar-refractivity contribution in [1.82, 2.24) is 5.32 Å². The maximum Gasteiger partial charge on any atom is 0.250 e. The summed E-state index contributed by atoms with van der Waals surface area (Å²) in [5, 5.41) is 6.11. The molecule has 0 radical (unpaired) electrons. The molecule has 0 saturated heterocycles. The van der Waals surface area contributed by atoms with Crippen LogP contribution in [0.15, 0.2) is 54.6 Å². The molecule has 0 aliphatic carbocycles. The summed E-state index contributed by atoms with van der Waals surface area (Å²) in [6.07, 6.45) is 0.676. The second-order valence-electron chi connectivity index (χ2n) is 5.81. The van der Waals surface area contributed by atoms with Gasteiger partial charge in [0.25, 0.3) is 0 Å². The van der Waals surface area contributed by atoms with Crippen LogP contribution in [0.4, 0.5) is 11.4 Å². The van der Waals surface area contributed by atoms with Gasteiger partial charge in [0, 0.05) is 6.54 Å². The van der Waals surface area contributed by atoms with Crippen molar-refractivity contribution in [3.63, 3.8) is 0 Å². The molecule has 1 aliphatic rings. The Morgan fingerprint density at radius 3 is 2.58 bits per heavy atom. The van der Waals surface area contributed by atoms with Crippen LogP contribution in [0.1, 0.15) is 18.9 Å². The van der Waals surface area contributed by atoms with Crippen LogP contribution in [0, 0.1) is 0 Å². The number of anilines is 2. The molecule has 0 saturated carbocycles. The Balaban J connectivity index is 1.70. The Morgan fingerprint density at radius 2 is 1.83 bits per heavy atom. The van der Waals surface area contributed by atoms with Gasteiger partial charge in [0.05, 0.1) is 11.4 Å². The fourth-order valence-corrected chi connectivity index (χ4v) is 2.82. The summed E-state index contributed by atoms with van der Waals surface area (Å²) in [6, 6.07) is 17.0. The van der Waals surface area contributed by atoms with E-state index in [9.17, 15) is 9.59 Å². The van der Waals surface area contributed by atoms with E-state index >= 15 is 0 Å². The minimum atomic E-state index is -0.290. The minimum absolute atomic E-state index is 0.0286. The van der Waals surface area contributed by atoms with Crippen molar-refractivity contribution in [2.75, 3.05) is 16.8 Å². The number of para-hydroxylation sites is 2. The molecule has 3 rings (SSSR count). The number of benzene rings is 2. The van der Waals surface area contributed by atoms with E-state index in [1.165, 1.54) is 0 Å². The first-order valence-electron chi connectivity index (χ1n) is 8.16. The van der Waals surface area contributed by atoms with Crippen molar-refractivity contribution in [3.05, 3.63) is 60.2 Å². The average Bonchev–Trinajstić information content (AvgIpc) is 2.63. The van der Waals surface area contributed by atoms with E-state index in [1.807, 2.05) is 61.5 Å². The summed E-state index contributed by atoms with van der Waals surface area (Å²) in [7, 11) is 0. The van der Waals surface area contributed by atoms with Crippen molar-refractivity contribution >= 4 is 23.2 Å². The van der Waals surface area contributed by atoms with Crippen molar-refractivity contribution < 1.29 is 9.59 Å². The molecular weight excluding hydrogens is 302 g/mol. The molecule has 24 heavy (non-hydrogen) atoms. The molecule has 1 aliphatic heterocycles. The lowest BCUT2D eigenvalue weighted by Gasteiger charge is -2.34. The number of carbonyl (C=O) groups excluding carboxylic acids is 2. The minimum Gasteiger partial charge on any atom is -0.372 e. The highest BCUT2D eigenvalue weighted by atomic mass is 16.2. The van der Waals surface area contributed by atoms with Gasteiger partial charge in [0.1, 0.15) is 12.6 Å². The van der Waals surface area contributed by atoms with Crippen LogP contribution >= 0.6 is 0 Å². The van der Waals surface area contributed by atoms with E-state index in [-0.39, 0.29) is 24.4 Å². The number of fused-ring (bicyclic) bond motifs is 1. The third-order valence-electron chi connectivity index (χ3n) is 4.13. The quantitative estimate of drug-likeness (QED) is 0.889. The largest absolute Gasteiger partial charge is 0.372 e. The Kier molecular flexibility index (Phi) is 4.79. The summed E-state index contributed by atoms with van der Waals surface area (Å²) in [5.41, 5.74) is 2.67. The second-order valence-corrected chi connectivity index (χ2v) is 5.81. The number of hydrogen-bond donors (Lipinski definition) is 2. The standard InChI is InChI=1S/C19H21N3O2/c1-2-15-19(24)22(17-11-7-6-10-16(17)21-15)13-18(23)20-12-14-8-4-3-5-9-14/h3-11,15,21H,2,12-13H2,1H3,(H,20,23). The van der Waals surface area contributed by atoms with E-state index < -0.39 is 0 Å². The molecule has 2 aromatic rings.